The summed E-state index contributed by atoms with van der Waals surface area (Å²) in [6.45, 7) is 0. The Kier molecular flexibility index (Phi) is 1.84. The van der Waals surface area contributed by atoms with Crippen molar-refractivity contribution in [3.05, 3.63) is 30.6 Å². The maximum absolute atomic E-state index is 10.3. The lowest BCUT2D eigenvalue weighted by molar-refractivity contribution is 0.538. The van der Waals surface area contributed by atoms with Crippen LogP contribution < -0.4 is 0 Å². The van der Waals surface area contributed by atoms with Gasteiger partial charge in [-0.1, -0.05) is 11.3 Å². The first-order valence-electron chi connectivity index (χ1n) is 3.68. The van der Waals surface area contributed by atoms with Crippen molar-refractivity contribution in [2.75, 3.05) is 0 Å². The summed E-state index contributed by atoms with van der Waals surface area (Å²) in [5.41, 5.74) is 1.29. The number of hydrogen-bond donors (Lipinski definition) is 0. The summed E-state index contributed by atoms with van der Waals surface area (Å²) in [6.07, 6.45) is 3.77. The molecule has 0 N–H and O–H groups in total. The van der Waals surface area contributed by atoms with Gasteiger partial charge in [0.15, 0.2) is 0 Å². The first-order chi connectivity index (χ1) is 6.40. The molecule has 0 fully saturated rings. The Balaban J connectivity index is 2.41. The van der Waals surface area contributed by atoms with E-state index < -0.39 is 0 Å². The van der Waals surface area contributed by atoms with Crippen molar-refractivity contribution in [3.63, 3.8) is 0 Å². The lowest BCUT2D eigenvalue weighted by Crippen LogP contribution is -1.93. The van der Waals surface area contributed by atoms with Crippen molar-refractivity contribution in [1.29, 1.82) is 0 Å². The average molecular weight is 174 g/mol. The van der Waals surface area contributed by atoms with Crippen LogP contribution in [0.15, 0.2) is 30.6 Å². The summed E-state index contributed by atoms with van der Waals surface area (Å²) >= 11 is 0. The molecule has 0 saturated carbocycles. The number of carbonyl (C=O) groups is 1. The van der Waals surface area contributed by atoms with Gasteiger partial charge in [0, 0.05) is 6.20 Å². The third kappa shape index (κ3) is 1.44. The fourth-order valence-corrected chi connectivity index (χ4v) is 0.960. The summed E-state index contributed by atoms with van der Waals surface area (Å²) in [7, 11) is 0. The Bertz CT molecular complexity index is 409. The van der Waals surface area contributed by atoms with Crippen LogP contribution in [0.25, 0.3) is 11.4 Å². The Labute approximate surface area is 74.0 Å². The van der Waals surface area contributed by atoms with E-state index in [1.165, 1.54) is 6.20 Å². The van der Waals surface area contributed by atoms with Crippen LogP contribution in [-0.2, 0) is 4.79 Å². The van der Waals surface area contributed by atoms with E-state index in [0.717, 1.165) is 4.68 Å². The van der Waals surface area contributed by atoms with Gasteiger partial charge in [0.1, 0.15) is 5.69 Å². The average Bonchev–Trinajstić information content (AvgIpc) is 2.67. The molecule has 2 aromatic rings. The highest BCUT2D eigenvalue weighted by Gasteiger charge is 2.02. The molecule has 13 heavy (non-hydrogen) atoms. The number of pyridine rings is 1. The highest BCUT2D eigenvalue weighted by Crippen LogP contribution is 2.10. The molecule has 0 aliphatic heterocycles. The van der Waals surface area contributed by atoms with Crippen LogP contribution in [0, 0.1) is 0 Å². The highest BCUT2D eigenvalue weighted by molar-refractivity contribution is 5.57. The maximum atomic E-state index is 10.3. The lowest BCUT2D eigenvalue weighted by atomic mass is 10.3. The number of carbonyl (C=O) groups excluding carboxylic acids is 1. The van der Waals surface area contributed by atoms with E-state index in [9.17, 15) is 4.79 Å². The Hall–Kier alpha value is -2.04. The molecule has 2 aromatic heterocycles. The smallest absolute Gasteiger partial charge is 0.235 e. The summed E-state index contributed by atoms with van der Waals surface area (Å²) in [5, 5.41) is 7.35. The van der Waals surface area contributed by atoms with Crippen molar-refractivity contribution < 1.29 is 4.79 Å². The number of nitrogens with zero attached hydrogens (tertiary/aromatic N) is 4. The van der Waals surface area contributed by atoms with Gasteiger partial charge in [-0.2, -0.15) is 4.68 Å². The molecule has 0 aliphatic carbocycles. The molecule has 0 bridgehead atoms. The van der Waals surface area contributed by atoms with Crippen LogP contribution in [0.4, 0.5) is 0 Å². The summed E-state index contributed by atoms with van der Waals surface area (Å²) < 4.78 is 1.10. The van der Waals surface area contributed by atoms with Crippen LogP contribution in [0.2, 0.25) is 0 Å². The maximum Gasteiger partial charge on any atom is 0.235 e. The van der Waals surface area contributed by atoms with E-state index in [1.807, 2.05) is 12.1 Å². The molecule has 5 heteroatoms. The normalized spacial score (nSPS) is 9.85. The van der Waals surface area contributed by atoms with E-state index in [2.05, 4.69) is 15.3 Å². The van der Waals surface area contributed by atoms with Crippen molar-refractivity contribution in [2.24, 2.45) is 0 Å². The molecule has 0 radical (unpaired) electrons. The van der Waals surface area contributed by atoms with Crippen molar-refractivity contribution in [3.8, 4) is 11.4 Å². The van der Waals surface area contributed by atoms with Gasteiger partial charge in [0.25, 0.3) is 0 Å². The molecule has 0 aliphatic rings. The Morgan fingerprint density at radius 2 is 2.23 bits per heavy atom. The summed E-state index contributed by atoms with van der Waals surface area (Å²) in [4.78, 5) is 14.4. The molecule has 2 heterocycles. The van der Waals surface area contributed by atoms with E-state index in [0.29, 0.717) is 17.8 Å². The molecule has 0 spiro atoms. The van der Waals surface area contributed by atoms with Gasteiger partial charge < -0.3 is 0 Å². The van der Waals surface area contributed by atoms with E-state index >= 15 is 0 Å². The minimum absolute atomic E-state index is 0.583. The van der Waals surface area contributed by atoms with E-state index in [-0.39, 0.29) is 0 Å². The van der Waals surface area contributed by atoms with Gasteiger partial charge >= 0.3 is 0 Å². The van der Waals surface area contributed by atoms with Gasteiger partial charge in [0.2, 0.25) is 6.41 Å². The first-order valence-corrected chi connectivity index (χ1v) is 3.68. The first kappa shape index (κ1) is 7.60. The molecule has 2 rings (SSSR count). The molecule has 0 unspecified atom stereocenters. The summed E-state index contributed by atoms with van der Waals surface area (Å²) in [5.74, 6) is 0. The van der Waals surface area contributed by atoms with Crippen LogP contribution in [0.3, 0.4) is 0 Å². The van der Waals surface area contributed by atoms with Gasteiger partial charge in [-0.15, -0.1) is 5.10 Å². The van der Waals surface area contributed by atoms with Crippen LogP contribution in [-0.4, -0.2) is 26.4 Å². The molecular formula is C8H6N4O. The Morgan fingerprint density at radius 3 is 2.85 bits per heavy atom. The van der Waals surface area contributed by atoms with E-state index in [4.69, 9.17) is 0 Å². The zero-order valence-electron chi connectivity index (χ0n) is 6.66. The van der Waals surface area contributed by atoms with Gasteiger partial charge in [-0.05, 0) is 12.1 Å². The Morgan fingerprint density at radius 1 is 1.31 bits per heavy atom. The third-order valence-electron chi connectivity index (χ3n) is 1.55. The number of rotatable bonds is 2. The predicted molar refractivity (Wildman–Crippen MR) is 45.4 cm³/mol. The highest BCUT2D eigenvalue weighted by atomic mass is 16.1. The van der Waals surface area contributed by atoms with Gasteiger partial charge in [-0.25, -0.2) is 0 Å². The number of hydrogen-bond acceptors (Lipinski definition) is 4. The van der Waals surface area contributed by atoms with Crippen LogP contribution in [0.1, 0.15) is 0 Å². The monoisotopic (exact) mass is 174 g/mol. The fraction of sp³-hybridized carbons (Fsp3) is 0. The second-order valence-electron chi connectivity index (χ2n) is 2.40. The molecule has 0 saturated heterocycles. The van der Waals surface area contributed by atoms with Crippen molar-refractivity contribution >= 4 is 6.41 Å². The van der Waals surface area contributed by atoms with Crippen molar-refractivity contribution in [2.45, 2.75) is 0 Å². The predicted octanol–water partition coefficient (Wildman–Crippen LogP) is 0.378. The largest absolute Gasteiger partial charge is 0.276 e. The molecule has 0 atom stereocenters. The van der Waals surface area contributed by atoms with Crippen LogP contribution >= 0.6 is 0 Å². The SMILES string of the molecule is O=Cn1cc(-c2ccccn2)nn1. The quantitative estimate of drug-likeness (QED) is 0.617. The second-order valence-corrected chi connectivity index (χ2v) is 2.40. The fourth-order valence-electron chi connectivity index (χ4n) is 0.960. The number of aromatic nitrogens is 4. The summed E-state index contributed by atoms with van der Waals surface area (Å²) in [6, 6.07) is 5.47. The second kappa shape index (κ2) is 3.14. The molecule has 0 aromatic carbocycles. The van der Waals surface area contributed by atoms with Crippen molar-refractivity contribution in [1.82, 2.24) is 20.0 Å². The van der Waals surface area contributed by atoms with Crippen LogP contribution in [0.5, 0.6) is 0 Å². The minimum Gasteiger partial charge on any atom is -0.276 e. The van der Waals surface area contributed by atoms with Gasteiger partial charge in [0.05, 0.1) is 11.9 Å². The minimum atomic E-state index is 0.583. The zero-order chi connectivity index (χ0) is 9.10. The van der Waals surface area contributed by atoms with E-state index in [1.54, 1.807) is 12.3 Å². The standard InChI is InChI=1S/C8H6N4O/c13-6-12-5-8(10-11-12)7-3-1-2-4-9-7/h1-6H. The molecule has 64 valence electrons. The zero-order valence-corrected chi connectivity index (χ0v) is 6.66. The van der Waals surface area contributed by atoms with Gasteiger partial charge in [-0.3, -0.25) is 9.78 Å². The third-order valence-corrected chi connectivity index (χ3v) is 1.55. The molecular weight excluding hydrogens is 168 g/mol. The molecule has 5 nitrogen and oxygen atoms in total. The topological polar surface area (TPSA) is 60.7 Å². The molecule has 0 amide bonds. The lowest BCUT2D eigenvalue weighted by Gasteiger charge is -1.90.